The summed E-state index contributed by atoms with van der Waals surface area (Å²) in [7, 11) is 0. The molecule has 90 valence electrons. The highest BCUT2D eigenvalue weighted by Gasteiger charge is 2.03. The first kappa shape index (κ1) is 11.6. The van der Waals surface area contributed by atoms with E-state index < -0.39 is 0 Å². The van der Waals surface area contributed by atoms with Crippen molar-refractivity contribution in [2.24, 2.45) is 0 Å². The molecule has 0 amide bonds. The number of nitrogens with zero attached hydrogens (tertiary/aromatic N) is 4. The van der Waals surface area contributed by atoms with Gasteiger partial charge in [0.05, 0.1) is 5.69 Å². The van der Waals surface area contributed by atoms with Gasteiger partial charge in [-0.1, -0.05) is 19.4 Å². The number of unbranched alkanes of at least 4 members (excludes halogenated alkanes) is 1. The van der Waals surface area contributed by atoms with Crippen LogP contribution in [0, 0.1) is 6.92 Å². The average Bonchev–Trinajstić information content (AvgIpc) is 2.85. The predicted molar refractivity (Wildman–Crippen MR) is 67.3 cm³/mol. The molecule has 0 radical (unpaired) electrons. The lowest BCUT2D eigenvalue weighted by atomic mass is 10.2. The fourth-order valence-corrected chi connectivity index (χ4v) is 1.65. The van der Waals surface area contributed by atoms with Gasteiger partial charge in [0, 0.05) is 12.2 Å². The second-order valence-corrected chi connectivity index (χ2v) is 4.04. The average molecular weight is 231 g/mol. The van der Waals surface area contributed by atoms with Crippen LogP contribution in [0.15, 0.2) is 24.5 Å². The highest BCUT2D eigenvalue weighted by atomic mass is 15.5. The quantitative estimate of drug-likeness (QED) is 0.801. The first-order valence-electron chi connectivity index (χ1n) is 5.89. The van der Waals surface area contributed by atoms with Crippen LogP contribution in [0.4, 0.5) is 5.69 Å². The number of hydrogen-bond acceptors (Lipinski definition) is 4. The van der Waals surface area contributed by atoms with Crippen LogP contribution >= 0.6 is 0 Å². The molecule has 0 aliphatic rings. The number of rotatable bonds is 5. The molecule has 1 aromatic carbocycles. The Hall–Kier alpha value is -1.91. The lowest BCUT2D eigenvalue weighted by molar-refractivity contribution is 0.785. The van der Waals surface area contributed by atoms with E-state index >= 15 is 0 Å². The molecule has 0 fully saturated rings. The summed E-state index contributed by atoms with van der Waals surface area (Å²) in [6.45, 7) is 5.23. The maximum atomic E-state index is 3.91. The largest absolute Gasteiger partial charge is 0.385 e. The summed E-state index contributed by atoms with van der Waals surface area (Å²) in [5.74, 6) is 0. The van der Waals surface area contributed by atoms with E-state index in [0.717, 1.165) is 23.5 Å². The van der Waals surface area contributed by atoms with Gasteiger partial charge >= 0.3 is 0 Å². The van der Waals surface area contributed by atoms with Crippen LogP contribution in [0.1, 0.15) is 25.3 Å². The van der Waals surface area contributed by atoms with E-state index in [9.17, 15) is 0 Å². The van der Waals surface area contributed by atoms with Crippen LogP contribution in [0.2, 0.25) is 0 Å². The number of tetrazole rings is 1. The summed E-state index contributed by atoms with van der Waals surface area (Å²) in [6, 6.07) is 6.23. The van der Waals surface area contributed by atoms with Gasteiger partial charge in [-0.05, 0) is 41.5 Å². The number of nitrogens with one attached hydrogen (secondary N) is 1. The lowest BCUT2D eigenvalue weighted by Gasteiger charge is -2.09. The van der Waals surface area contributed by atoms with Crippen molar-refractivity contribution in [3.63, 3.8) is 0 Å². The first-order chi connectivity index (χ1) is 8.31. The molecule has 0 spiro atoms. The fraction of sp³-hybridized carbons (Fsp3) is 0.417. The van der Waals surface area contributed by atoms with Crippen molar-refractivity contribution in [3.05, 3.63) is 30.1 Å². The number of benzene rings is 1. The minimum Gasteiger partial charge on any atom is -0.385 e. The summed E-state index contributed by atoms with van der Waals surface area (Å²) >= 11 is 0. The minimum atomic E-state index is 0.995. The molecule has 0 saturated heterocycles. The zero-order valence-electron chi connectivity index (χ0n) is 10.2. The molecule has 0 unspecified atom stereocenters. The van der Waals surface area contributed by atoms with Crippen LogP contribution in [-0.2, 0) is 0 Å². The van der Waals surface area contributed by atoms with Crippen LogP contribution in [-0.4, -0.2) is 26.8 Å². The summed E-state index contributed by atoms with van der Waals surface area (Å²) in [5.41, 5.74) is 3.27. The van der Waals surface area contributed by atoms with Gasteiger partial charge in [-0.2, -0.15) is 0 Å². The van der Waals surface area contributed by atoms with Crippen molar-refractivity contribution in [1.82, 2.24) is 20.2 Å². The van der Waals surface area contributed by atoms with E-state index in [2.05, 4.69) is 46.0 Å². The standard InChI is InChI=1S/C12H17N5/c1-3-4-7-13-11-6-5-10(2)12(8-11)17-9-14-15-16-17/h5-6,8-9,13H,3-4,7H2,1-2H3. The SMILES string of the molecule is CCCCNc1ccc(C)c(-n2cnnn2)c1. The Morgan fingerprint density at radius 3 is 2.94 bits per heavy atom. The summed E-state index contributed by atoms with van der Waals surface area (Å²) in [6.07, 6.45) is 3.98. The summed E-state index contributed by atoms with van der Waals surface area (Å²) < 4.78 is 1.68. The maximum absolute atomic E-state index is 3.91. The number of anilines is 1. The van der Waals surface area contributed by atoms with Gasteiger partial charge in [0.2, 0.25) is 0 Å². The normalized spacial score (nSPS) is 10.5. The van der Waals surface area contributed by atoms with E-state index in [1.54, 1.807) is 11.0 Å². The molecule has 1 N–H and O–H groups in total. The van der Waals surface area contributed by atoms with E-state index in [4.69, 9.17) is 0 Å². The van der Waals surface area contributed by atoms with E-state index in [-0.39, 0.29) is 0 Å². The monoisotopic (exact) mass is 231 g/mol. The number of hydrogen-bond donors (Lipinski definition) is 1. The molecule has 0 bridgehead atoms. The Morgan fingerprint density at radius 1 is 1.35 bits per heavy atom. The summed E-state index contributed by atoms with van der Waals surface area (Å²) in [5, 5.41) is 14.6. The zero-order valence-corrected chi connectivity index (χ0v) is 10.2. The first-order valence-corrected chi connectivity index (χ1v) is 5.89. The molecular formula is C12H17N5. The Morgan fingerprint density at radius 2 is 2.24 bits per heavy atom. The van der Waals surface area contributed by atoms with Gasteiger partial charge in [-0.3, -0.25) is 0 Å². The topological polar surface area (TPSA) is 55.6 Å². The van der Waals surface area contributed by atoms with Gasteiger partial charge in [0.1, 0.15) is 6.33 Å². The molecule has 0 aliphatic carbocycles. The molecule has 2 aromatic rings. The van der Waals surface area contributed by atoms with Crippen molar-refractivity contribution >= 4 is 5.69 Å². The van der Waals surface area contributed by atoms with Gasteiger partial charge in [-0.25, -0.2) is 4.68 Å². The molecule has 1 aromatic heterocycles. The summed E-state index contributed by atoms with van der Waals surface area (Å²) in [4.78, 5) is 0. The van der Waals surface area contributed by atoms with Gasteiger partial charge in [0.25, 0.3) is 0 Å². The highest BCUT2D eigenvalue weighted by Crippen LogP contribution is 2.18. The van der Waals surface area contributed by atoms with Crippen LogP contribution in [0.5, 0.6) is 0 Å². The Kier molecular flexibility index (Phi) is 3.69. The fourth-order valence-electron chi connectivity index (χ4n) is 1.65. The molecular weight excluding hydrogens is 214 g/mol. The maximum Gasteiger partial charge on any atom is 0.143 e. The van der Waals surface area contributed by atoms with Crippen LogP contribution in [0.3, 0.4) is 0 Å². The third-order valence-corrected chi connectivity index (χ3v) is 2.66. The van der Waals surface area contributed by atoms with Crippen LogP contribution < -0.4 is 5.32 Å². The second kappa shape index (κ2) is 5.43. The minimum absolute atomic E-state index is 0.995. The van der Waals surface area contributed by atoms with Crippen molar-refractivity contribution in [2.45, 2.75) is 26.7 Å². The molecule has 0 aliphatic heterocycles. The zero-order chi connectivity index (χ0) is 12.1. The molecule has 5 nitrogen and oxygen atoms in total. The molecule has 0 atom stereocenters. The van der Waals surface area contributed by atoms with Crippen molar-refractivity contribution in [3.8, 4) is 5.69 Å². The smallest absolute Gasteiger partial charge is 0.143 e. The Labute approximate surface area is 101 Å². The lowest BCUT2D eigenvalue weighted by Crippen LogP contribution is -2.03. The van der Waals surface area contributed by atoms with Gasteiger partial charge < -0.3 is 5.32 Å². The van der Waals surface area contributed by atoms with Crippen molar-refractivity contribution in [2.75, 3.05) is 11.9 Å². The van der Waals surface area contributed by atoms with E-state index in [1.165, 1.54) is 12.8 Å². The second-order valence-electron chi connectivity index (χ2n) is 4.04. The third kappa shape index (κ3) is 2.81. The highest BCUT2D eigenvalue weighted by molar-refractivity contribution is 5.54. The Bertz CT molecular complexity index is 464. The van der Waals surface area contributed by atoms with Gasteiger partial charge in [0.15, 0.2) is 0 Å². The molecule has 17 heavy (non-hydrogen) atoms. The molecule has 2 rings (SSSR count). The molecule has 1 heterocycles. The van der Waals surface area contributed by atoms with E-state index in [1.807, 2.05) is 6.92 Å². The predicted octanol–water partition coefficient (Wildman–Crippen LogP) is 2.18. The molecule has 5 heteroatoms. The van der Waals surface area contributed by atoms with Gasteiger partial charge in [-0.15, -0.1) is 5.10 Å². The molecule has 0 saturated carbocycles. The van der Waals surface area contributed by atoms with Crippen LogP contribution in [0.25, 0.3) is 5.69 Å². The number of aryl methyl sites for hydroxylation is 1. The van der Waals surface area contributed by atoms with Crippen molar-refractivity contribution < 1.29 is 0 Å². The Balaban J connectivity index is 2.18. The van der Waals surface area contributed by atoms with Crippen molar-refractivity contribution in [1.29, 1.82) is 0 Å². The van der Waals surface area contributed by atoms with E-state index in [0.29, 0.717) is 0 Å². The third-order valence-electron chi connectivity index (χ3n) is 2.66. The number of aromatic nitrogens is 4.